The molecule has 442 valence electrons. The number of rotatable bonds is 13. The fraction of sp³-hybridized carbons (Fsp3) is 0. The summed E-state index contributed by atoms with van der Waals surface area (Å²) in [7, 11) is 0. The summed E-state index contributed by atoms with van der Waals surface area (Å²) in [5, 5.41) is 4.76. The van der Waals surface area contributed by atoms with Crippen molar-refractivity contribution in [3.8, 4) is 67.5 Å². The van der Waals surface area contributed by atoms with Gasteiger partial charge in [-0.05, 0) is 157 Å². The number of aromatic nitrogens is 6. The summed E-state index contributed by atoms with van der Waals surface area (Å²) in [5.41, 5.74) is 25.5. The summed E-state index contributed by atoms with van der Waals surface area (Å²) >= 11 is 0. The van der Waals surface area contributed by atoms with Crippen molar-refractivity contribution in [3.63, 3.8) is 0 Å². The maximum atomic E-state index is 5.17. The fourth-order valence-electron chi connectivity index (χ4n) is 14.1. The van der Waals surface area contributed by atoms with Crippen LogP contribution in [0.2, 0.25) is 0 Å². The van der Waals surface area contributed by atoms with Gasteiger partial charge in [0, 0.05) is 102 Å². The number of para-hydroxylation sites is 4. The van der Waals surface area contributed by atoms with E-state index in [0.717, 1.165) is 124 Å². The van der Waals surface area contributed by atoms with Gasteiger partial charge in [0.05, 0.1) is 44.8 Å². The van der Waals surface area contributed by atoms with Gasteiger partial charge < -0.3 is 18.9 Å². The van der Waals surface area contributed by atoms with Gasteiger partial charge in [0.15, 0.2) is 0 Å². The Morgan fingerprint density at radius 1 is 0.223 bits per heavy atom. The molecule has 0 spiro atoms. The lowest BCUT2D eigenvalue weighted by Crippen LogP contribution is -2.10. The van der Waals surface area contributed by atoms with Crippen molar-refractivity contribution in [1.82, 2.24) is 27.9 Å². The number of imidazole rings is 2. The van der Waals surface area contributed by atoms with Crippen molar-refractivity contribution in [3.05, 3.63) is 352 Å². The minimum atomic E-state index is 0.905. The second kappa shape index (κ2) is 22.6. The zero-order valence-corrected chi connectivity index (χ0v) is 51.1. The molecule has 0 aliphatic heterocycles. The molecule has 6 aromatic heterocycles. The van der Waals surface area contributed by atoms with Crippen LogP contribution >= 0.6 is 0 Å². The normalized spacial score (nSPS) is 11.6. The highest BCUT2D eigenvalue weighted by Crippen LogP contribution is 2.45. The number of benzene rings is 12. The first kappa shape index (κ1) is 54.2. The highest BCUT2D eigenvalue weighted by atomic mass is 15.2. The second-order valence-corrected chi connectivity index (χ2v) is 23.8. The molecule has 0 atom stereocenters. The molecule has 0 unspecified atom stereocenters. The standard InChI is InChI=1S/C86H58N8/c1-5-21-61(22-6-1)83-85(89-55-19-17-33-81(89)87-83)63-39-47-69(48-40-63)91(71-51-53-79-75(57-71)73-29-13-15-31-77(73)93(79)65-25-9-3-10-26-65)67-43-35-59(36-44-67)60-37-45-68(46-38-60)92(72-52-54-80-76(58-72)74-30-14-16-32-78(74)94(80)66-27-11-4-12-28-66)70-49-41-64(42-50-70)86-84(62-23-7-2-8-24-62)88-82-34-18-20-56-90(82)86/h1-58H. The molecule has 0 saturated carbocycles. The Labute approximate surface area is 543 Å². The first-order valence-electron chi connectivity index (χ1n) is 31.9. The average Bonchev–Trinajstić information content (AvgIpc) is 1.59. The predicted octanol–water partition coefficient (Wildman–Crippen LogP) is 22.5. The number of anilines is 6. The Morgan fingerprint density at radius 2 is 0.532 bits per heavy atom. The molecule has 8 heteroatoms. The van der Waals surface area contributed by atoms with E-state index in [1.54, 1.807) is 0 Å². The number of nitrogens with zero attached hydrogens (tertiary/aromatic N) is 8. The van der Waals surface area contributed by atoms with Crippen molar-refractivity contribution >= 4 is 89.0 Å². The van der Waals surface area contributed by atoms with Crippen LogP contribution in [-0.2, 0) is 0 Å². The molecule has 18 aromatic rings. The molecule has 6 heterocycles. The topological polar surface area (TPSA) is 50.9 Å². The van der Waals surface area contributed by atoms with E-state index < -0.39 is 0 Å². The Bertz CT molecular complexity index is 5450. The van der Waals surface area contributed by atoms with Crippen LogP contribution in [0.1, 0.15) is 0 Å². The molecule has 0 amide bonds. The predicted molar refractivity (Wildman–Crippen MR) is 389 cm³/mol. The van der Waals surface area contributed by atoms with Crippen molar-refractivity contribution in [2.75, 3.05) is 9.80 Å². The highest BCUT2D eigenvalue weighted by Gasteiger charge is 2.23. The van der Waals surface area contributed by atoms with E-state index in [1.807, 2.05) is 12.1 Å². The number of hydrogen-bond donors (Lipinski definition) is 0. The second-order valence-electron chi connectivity index (χ2n) is 23.8. The van der Waals surface area contributed by atoms with Crippen molar-refractivity contribution in [2.45, 2.75) is 0 Å². The average molecular weight is 1200 g/mol. The number of pyridine rings is 2. The molecule has 0 saturated heterocycles. The van der Waals surface area contributed by atoms with Crippen LogP contribution in [0.5, 0.6) is 0 Å². The van der Waals surface area contributed by atoms with Crippen LogP contribution in [0, 0.1) is 0 Å². The van der Waals surface area contributed by atoms with Crippen LogP contribution in [0.25, 0.3) is 122 Å². The molecule has 0 aliphatic rings. The molecule has 0 fully saturated rings. The summed E-state index contributed by atoms with van der Waals surface area (Å²) < 4.78 is 9.14. The van der Waals surface area contributed by atoms with E-state index in [0.29, 0.717) is 0 Å². The maximum absolute atomic E-state index is 5.17. The van der Waals surface area contributed by atoms with Gasteiger partial charge in [0.1, 0.15) is 11.3 Å². The van der Waals surface area contributed by atoms with Crippen LogP contribution < -0.4 is 9.80 Å². The van der Waals surface area contributed by atoms with Gasteiger partial charge in [-0.15, -0.1) is 0 Å². The lowest BCUT2D eigenvalue weighted by Gasteiger charge is -2.27. The number of fused-ring (bicyclic) bond motifs is 8. The molecule has 18 rings (SSSR count). The quantitative estimate of drug-likeness (QED) is 0.115. The summed E-state index contributed by atoms with van der Waals surface area (Å²) in [5.74, 6) is 0. The van der Waals surface area contributed by atoms with Gasteiger partial charge in [-0.2, -0.15) is 0 Å². The van der Waals surface area contributed by atoms with Gasteiger partial charge >= 0.3 is 0 Å². The Morgan fingerprint density at radius 3 is 0.915 bits per heavy atom. The highest BCUT2D eigenvalue weighted by molar-refractivity contribution is 6.12. The molecule has 0 N–H and O–H groups in total. The van der Waals surface area contributed by atoms with Gasteiger partial charge in [-0.3, -0.25) is 8.80 Å². The Hall–Kier alpha value is -12.8. The largest absolute Gasteiger partial charge is 0.310 e. The van der Waals surface area contributed by atoms with E-state index in [-0.39, 0.29) is 0 Å². The lowest BCUT2D eigenvalue weighted by atomic mass is 10.0. The van der Waals surface area contributed by atoms with Gasteiger partial charge in [0.25, 0.3) is 0 Å². The third-order valence-corrected chi connectivity index (χ3v) is 18.4. The van der Waals surface area contributed by atoms with Crippen LogP contribution in [0.4, 0.5) is 34.1 Å². The summed E-state index contributed by atoms with van der Waals surface area (Å²) in [6.45, 7) is 0. The molecule has 0 aliphatic carbocycles. The van der Waals surface area contributed by atoms with Crippen molar-refractivity contribution in [1.29, 1.82) is 0 Å². The molecule has 8 nitrogen and oxygen atoms in total. The monoisotopic (exact) mass is 1200 g/mol. The zero-order valence-electron chi connectivity index (χ0n) is 51.1. The van der Waals surface area contributed by atoms with Crippen molar-refractivity contribution in [2.24, 2.45) is 0 Å². The van der Waals surface area contributed by atoms with E-state index in [1.165, 1.54) is 32.6 Å². The molecular weight excluding hydrogens is 1150 g/mol. The van der Waals surface area contributed by atoms with Gasteiger partial charge in [-0.1, -0.05) is 194 Å². The SMILES string of the molecule is c1ccc(-c2nc3ccccn3c2-c2ccc(N(c3ccc(-c4ccc(N(c5ccc(-c6c(-c7ccccc7)nc7ccccn67)cc5)c5ccc6c(c5)c5ccccc5n6-c5ccccc5)cc4)cc3)c3ccc4c(c3)c3ccccc3n4-c3ccccc3)cc2)cc1. The van der Waals surface area contributed by atoms with E-state index >= 15 is 0 Å². The van der Waals surface area contributed by atoms with E-state index in [2.05, 4.69) is 368 Å². The number of hydrogen-bond acceptors (Lipinski definition) is 4. The van der Waals surface area contributed by atoms with Crippen LogP contribution in [-0.4, -0.2) is 27.9 Å². The third kappa shape index (κ3) is 9.22. The molecule has 12 aromatic carbocycles. The lowest BCUT2D eigenvalue weighted by molar-refractivity contribution is 1.18. The summed E-state index contributed by atoms with van der Waals surface area (Å²) in [6.07, 6.45) is 4.21. The van der Waals surface area contributed by atoms with Crippen LogP contribution in [0.3, 0.4) is 0 Å². The molecule has 0 bridgehead atoms. The molecule has 94 heavy (non-hydrogen) atoms. The Kier molecular flexibility index (Phi) is 13.0. The minimum Gasteiger partial charge on any atom is -0.310 e. The maximum Gasteiger partial charge on any atom is 0.137 e. The van der Waals surface area contributed by atoms with Gasteiger partial charge in [-0.25, -0.2) is 9.97 Å². The first-order valence-corrected chi connectivity index (χ1v) is 31.9. The van der Waals surface area contributed by atoms with Crippen LogP contribution in [0.15, 0.2) is 352 Å². The first-order chi connectivity index (χ1) is 46.6. The van der Waals surface area contributed by atoms with E-state index in [4.69, 9.17) is 9.97 Å². The summed E-state index contributed by atoms with van der Waals surface area (Å²) in [6, 6.07) is 122. The fourth-order valence-corrected chi connectivity index (χ4v) is 14.1. The molecule has 0 radical (unpaired) electrons. The van der Waals surface area contributed by atoms with Gasteiger partial charge in [0.2, 0.25) is 0 Å². The Balaban J connectivity index is 0.738. The molecular formula is C86H58N8. The van der Waals surface area contributed by atoms with E-state index in [9.17, 15) is 0 Å². The minimum absolute atomic E-state index is 0.905. The zero-order chi connectivity index (χ0) is 62.1. The summed E-state index contributed by atoms with van der Waals surface area (Å²) in [4.78, 5) is 15.1. The third-order valence-electron chi connectivity index (χ3n) is 18.4. The van der Waals surface area contributed by atoms with Crippen molar-refractivity contribution < 1.29 is 0 Å². The smallest absolute Gasteiger partial charge is 0.137 e.